The Hall–Kier alpha value is -2.86. The quantitative estimate of drug-likeness (QED) is 0.802. The maximum absolute atomic E-state index is 12.9. The zero-order valence-electron chi connectivity index (χ0n) is 16.8. The predicted octanol–water partition coefficient (Wildman–Crippen LogP) is 2.68. The molecule has 0 unspecified atom stereocenters. The van der Waals surface area contributed by atoms with Crippen molar-refractivity contribution in [1.82, 2.24) is 4.90 Å². The number of carbonyl (C=O) groups excluding carboxylic acids is 2. The third kappa shape index (κ3) is 4.43. The lowest BCUT2D eigenvalue weighted by molar-refractivity contribution is -0.136. The highest BCUT2D eigenvalue weighted by Gasteiger charge is 2.29. The van der Waals surface area contributed by atoms with Crippen LogP contribution >= 0.6 is 0 Å². The Labute approximate surface area is 171 Å². The first kappa shape index (κ1) is 19.5. The Balaban J connectivity index is 1.57. The lowest BCUT2D eigenvalue weighted by atomic mass is 10.1. The first-order valence-electron chi connectivity index (χ1n) is 10.2. The van der Waals surface area contributed by atoms with Crippen LogP contribution in [0.1, 0.15) is 18.9 Å². The Bertz CT molecular complexity index is 871. The van der Waals surface area contributed by atoms with Gasteiger partial charge in [-0.15, -0.1) is 0 Å². The summed E-state index contributed by atoms with van der Waals surface area (Å²) >= 11 is 0. The fraction of sp³-hybridized carbons (Fsp3) is 0.391. The molecule has 2 aliphatic rings. The van der Waals surface area contributed by atoms with Gasteiger partial charge in [0.2, 0.25) is 11.8 Å². The second-order valence-electron chi connectivity index (χ2n) is 7.65. The third-order valence-corrected chi connectivity index (χ3v) is 5.51. The number of ether oxygens (including phenoxy) is 1. The highest BCUT2D eigenvalue weighted by Crippen LogP contribution is 2.33. The van der Waals surface area contributed by atoms with Gasteiger partial charge in [0.15, 0.2) is 0 Å². The van der Waals surface area contributed by atoms with E-state index in [1.165, 1.54) is 0 Å². The van der Waals surface area contributed by atoms with Crippen LogP contribution in [-0.4, -0.2) is 55.6 Å². The predicted molar refractivity (Wildman–Crippen MR) is 113 cm³/mol. The fourth-order valence-electron chi connectivity index (χ4n) is 3.99. The SMILES string of the molecule is C[C@H]1CN(C(=O)CN2CCC(=O)N(Cc3ccccc3)c3ccccc32)CCO1. The number of anilines is 2. The molecule has 1 atom stereocenters. The summed E-state index contributed by atoms with van der Waals surface area (Å²) < 4.78 is 5.55. The smallest absolute Gasteiger partial charge is 0.242 e. The molecule has 0 spiro atoms. The van der Waals surface area contributed by atoms with Crippen molar-refractivity contribution in [2.24, 2.45) is 0 Å². The van der Waals surface area contributed by atoms with Gasteiger partial charge < -0.3 is 19.4 Å². The van der Waals surface area contributed by atoms with Gasteiger partial charge in [-0.05, 0) is 24.6 Å². The van der Waals surface area contributed by atoms with Crippen LogP contribution in [-0.2, 0) is 20.9 Å². The summed E-state index contributed by atoms with van der Waals surface area (Å²) in [7, 11) is 0. The average Bonchev–Trinajstić information content (AvgIpc) is 2.87. The van der Waals surface area contributed by atoms with Crippen LogP contribution in [0.25, 0.3) is 0 Å². The zero-order chi connectivity index (χ0) is 20.2. The lowest BCUT2D eigenvalue weighted by Crippen LogP contribution is -2.48. The number of benzene rings is 2. The van der Waals surface area contributed by atoms with E-state index in [9.17, 15) is 9.59 Å². The molecule has 0 saturated carbocycles. The van der Waals surface area contributed by atoms with Gasteiger partial charge in [-0.25, -0.2) is 0 Å². The third-order valence-electron chi connectivity index (χ3n) is 5.51. The van der Waals surface area contributed by atoms with Crippen LogP contribution in [0, 0.1) is 0 Å². The summed E-state index contributed by atoms with van der Waals surface area (Å²) in [4.78, 5) is 31.6. The van der Waals surface area contributed by atoms with Crippen molar-refractivity contribution in [3.8, 4) is 0 Å². The Morgan fingerprint density at radius 1 is 1.03 bits per heavy atom. The lowest BCUT2D eigenvalue weighted by Gasteiger charge is -2.33. The molecule has 0 radical (unpaired) electrons. The van der Waals surface area contributed by atoms with Gasteiger partial charge in [-0.1, -0.05) is 42.5 Å². The van der Waals surface area contributed by atoms with Crippen LogP contribution in [0.4, 0.5) is 11.4 Å². The molecule has 0 N–H and O–H groups in total. The van der Waals surface area contributed by atoms with Crippen molar-refractivity contribution < 1.29 is 14.3 Å². The number of morpholine rings is 1. The van der Waals surface area contributed by atoms with E-state index in [1.54, 1.807) is 0 Å². The summed E-state index contributed by atoms with van der Waals surface area (Å²) in [6.07, 6.45) is 0.445. The molecule has 1 fully saturated rings. The van der Waals surface area contributed by atoms with Gasteiger partial charge in [-0.2, -0.15) is 0 Å². The normalized spacial score (nSPS) is 19.7. The molecule has 152 valence electrons. The molecular formula is C23H27N3O3. The largest absolute Gasteiger partial charge is 0.375 e. The number of hydrogen-bond donors (Lipinski definition) is 0. The maximum Gasteiger partial charge on any atom is 0.242 e. The molecule has 0 aliphatic carbocycles. The van der Waals surface area contributed by atoms with Crippen LogP contribution in [0.2, 0.25) is 0 Å². The van der Waals surface area contributed by atoms with E-state index in [4.69, 9.17) is 4.74 Å². The number of amides is 2. The number of para-hydroxylation sites is 2. The fourth-order valence-corrected chi connectivity index (χ4v) is 3.99. The van der Waals surface area contributed by atoms with Crippen molar-refractivity contribution in [2.75, 3.05) is 42.6 Å². The molecule has 2 aliphatic heterocycles. The molecule has 0 aromatic heterocycles. The summed E-state index contributed by atoms with van der Waals surface area (Å²) in [5, 5.41) is 0. The highest BCUT2D eigenvalue weighted by molar-refractivity contribution is 5.99. The standard InChI is InChI=1S/C23H27N3O3/c1-18-15-25(13-14-29-18)23(28)17-24-12-11-22(27)26(16-19-7-3-2-4-8-19)21-10-6-5-9-20(21)24/h2-10,18H,11-17H2,1H3/t18-/m0/s1. The molecule has 2 heterocycles. The van der Waals surface area contributed by atoms with Gasteiger partial charge in [0.1, 0.15) is 0 Å². The molecule has 2 aromatic carbocycles. The number of nitrogens with zero attached hydrogens (tertiary/aromatic N) is 3. The maximum atomic E-state index is 12.9. The minimum Gasteiger partial charge on any atom is -0.375 e. The molecule has 2 amide bonds. The van der Waals surface area contributed by atoms with Crippen LogP contribution in [0.15, 0.2) is 54.6 Å². The summed E-state index contributed by atoms with van der Waals surface area (Å²) in [6.45, 7) is 5.14. The molecule has 1 saturated heterocycles. The van der Waals surface area contributed by atoms with E-state index in [2.05, 4.69) is 0 Å². The van der Waals surface area contributed by atoms with Gasteiger partial charge >= 0.3 is 0 Å². The van der Waals surface area contributed by atoms with Crippen LogP contribution in [0.3, 0.4) is 0 Å². The van der Waals surface area contributed by atoms with E-state index >= 15 is 0 Å². The number of rotatable bonds is 4. The van der Waals surface area contributed by atoms with E-state index in [-0.39, 0.29) is 24.5 Å². The molecule has 6 nitrogen and oxygen atoms in total. The van der Waals surface area contributed by atoms with Crippen molar-refractivity contribution in [2.45, 2.75) is 26.0 Å². The van der Waals surface area contributed by atoms with Crippen LogP contribution < -0.4 is 9.80 Å². The molecular weight excluding hydrogens is 366 g/mol. The van der Waals surface area contributed by atoms with Gasteiger partial charge in [0, 0.05) is 26.1 Å². The van der Waals surface area contributed by atoms with Crippen molar-refractivity contribution >= 4 is 23.2 Å². The van der Waals surface area contributed by atoms with E-state index in [1.807, 2.05) is 76.2 Å². The molecule has 0 bridgehead atoms. The van der Waals surface area contributed by atoms with Gasteiger partial charge in [0.25, 0.3) is 0 Å². The van der Waals surface area contributed by atoms with Crippen molar-refractivity contribution in [1.29, 1.82) is 0 Å². The van der Waals surface area contributed by atoms with Gasteiger partial charge in [-0.3, -0.25) is 9.59 Å². The van der Waals surface area contributed by atoms with E-state index < -0.39 is 0 Å². The summed E-state index contributed by atoms with van der Waals surface area (Å²) in [6, 6.07) is 17.9. The zero-order valence-corrected chi connectivity index (χ0v) is 16.8. The molecule has 2 aromatic rings. The van der Waals surface area contributed by atoms with Crippen molar-refractivity contribution in [3.05, 3.63) is 60.2 Å². The first-order chi connectivity index (χ1) is 14.1. The van der Waals surface area contributed by atoms with E-state index in [0.29, 0.717) is 39.2 Å². The minimum absolute atomic E-state index is 0.0621. The summed E-state index contributed by atoms with van der Waals surface area (Å²) in [5.41, 5.74) is 2.88. The Kier molecular flexibility index (Phi) is 5.81. The first-order valence-corrected chi connectivity index (χ1v) is 10.2. The second-order valence-corrected chi connectivity index (χ2v) is 7.65. The molecule has 6 heteroatoms. The Morgan fingerprint density at radius 2 is 1.76 bits per heavy atom. The van der Waals surface area contributed by atoms with E-state index in [0.717, 1.165) is 16.9 Å². The minimum atomic E-state index is 0.0621. The second kappa shape index (κ2) is 8.66. The van der Waals surface area contributed by atoms with Crippen molar-refractivity contribution in [3.63, 3.8) is 0 Å². The highest BCUT2D eigenvalue weighted by atomic mass is 16.5. The van der Waals surface area contributed by atoms with Gasteiger partial charge in [0.05, 0.1) is 37.2 Å². The number of hydrogen-bond acceptors (Lipinski definition) is 4. The Morgan fingerprint density at radius 3 is 2.52 bits per heavy atom. The number of carbonyl (C=O) groups is 2. The molecule has 29 heavy (non-hydrogen) atoms. The summed E-state index contributed by atoms with van der Waals surface area (Å²) in [5.74, 6) is 0.162. The topological polar surface area (TPSA) is 53.1 Å². The molecule has 4 rings (SSSR count). The average molecular weight is 393 g/mol. The monoisotopic (exact) mass is 393 g/mol. The van der Waals surface area contributed by atoms with Crippen LogP contribution in [0.5, 0.6) is 0 Å². The number of fused-ring (bicyclic) bond motifs is 1.